The number of aromatic amines is 2. The fourth-order valence-corrected chi connectivity index (χ4v) is 6.32. The zero-order valence-corrected chi connectivity index (χ0v) is 24.2. The van der Waals surface area contributed by atoms with Crippen LogP contribution in [0.2, 0.25) is 0 Å². The maximum atomic E-state index is 15.2. The van der Waals surface area contributed by atoms with Crippen LogP contribution >= 0.6 is 0 Å². The van der Waals surface area contributed by atoms with E-state index in [2.05, 4.69) is 15.0 Å². The Morgan fingerprint density at radius 3 is 2.64 bits per heavy atom. The number of hydrogen-bond acceptors (Lipinski definition) is 7. The van der Waals surface area contributed by atoms with E-state index in [0.29, 0.717) is 37.3 Å². The van der Waals surface area contributed by atoms with Crippen molar-refractivity contribution in [3.63, 3.8) is 0 Å². The number of imidazole rings is 1. The van der Waals surface area contributed by atoms with Gasteiger partial charge in [0.1, 0.15) is 28.0 Å². The summed E-state index contributed by atoms with van der Waals surface area (Å²) in [5.41, 5.74) is 2.01. The number of benzene rings is 3. The summed E-state index contributed by atoms with van der Waals surface area (Å²) in [5, 5.41) is 9.36. The van der Waals surface area contributed by atoms with Gasteiger partial charge in [-0.15, -0.1) is 0 Å². The van der Waals surface area contributed by atoms with E-state index in [9.17, 15) is 13.2 Å². The number of sulfone groups is 1. The summed E-state index contributed by atoms with van der Waals surface area (Å²) in [5.74, 6) is -4.35. The average molecular weight is 624 g/mol. The van der Waals surface area contributed by atoms with Crippen molar-refractivity contribution >= 4 is 26.7 Å². The van der Waals surface area contributed by atoms with Crippen LogP contribution in [0, 0.1) is 11.6 Å². The Hall–Kier alpha value is -4.59. The molecule has 1 fully saturated rings. The summed E-state index contributed by atoms with van der Waals surface area (Å²) in [6.45, 7) is 0.732. The summed E-state index contributed by atoms with van der Waals surface area (Å²) in [6.07, 6.45) is 4.82. The first kappa shape index (κ1) is 29.5. The number of rotatable bonds is 9. The summed E-state index contributed by atoms with van der Waals surface area (Å²) in [4.78, 5) is 21.0. The van der Waals surface area contributed by atoms with Crippen molar-refractivity contribution in [1.82, 2.24) is 15.0 Å². The molecule has 0 atom stereocenters. The first-order valence-corrected chi connectivity index (χ1v) is 15.6. The van der Waals surface area contributed by atoms with Gasteiger partial charge in [0.15, 0.2) is 21.4 Å². The van der Waals surface area contributed by atoms with E-state index < -0.39 is 39.0 Å². The lowest BCUT2D eigenvalue weighted by molar-refractivity contribution is -0.251. The largest absolute Gasteiger partial charge is 0.481 e. The molecule has 0 spiro atoms. The molecular weight excluding hydrogens is 596 g/mol. The number of nitrogens with one attached hydrogen (secondary N) is 2. The smallest absolute Gasteiger partial charge is 0.303 e. The second-order valence-electron chi connectivity index (χ2n) is 10.4. The SMILES string of the molecule is CS(=O)(=O)c1c(Oc2ccc(F)c(-c3ncc(C4(c5cccc(CCC(=O)O)c5)OCCCO4)[nH]3)c2)c(F)cc2[nH]ccc12. The maximum absolute atomic E-state index is 15.2. The first-order valence-electron chi connectivity index (χ1n) is 13.7. The molecule has 0 saturated carbocycles. The third-order valence-corrected chi connectivity index (χ3v) is 8.41. The standard InChI is InChI=1S/C31H27F2N3O7S/c1-44(39,40)29-21-10-11-34-25(21)16-24(33)28(29)43-20-7-8-23(32)22(15-20)30-35-17-26(36-30)31(41-12-3-13-42-31)19-5-2-4-18(14-19)6-9-27(37)38/h2,4-5,7-8,10-11,14-17,34H,3,6,9,12-13H2,1H3,(H,35,36)(H,37,38). The van der Waals surface area contributed by atoms with E-state index in [1.165, 1.54) is 30.6 Å². The van der Waals surface area contributed by atoms with Crippen molar-refractivity contribution in [3.8, 4) is 22.9 Å². The van der Waals surface area contributed by atoms with E-state index in [1.807, 2.05) is 6.07 Å². The molecule has 6 rings (SSSR count). The van der Waals surface area contributed by atoms with Crippen LogP contribution < -0.4 is 4.74 Å². The number of carboxylic acid groups (broad SMARTS) is 1. The molecule has 0 bridgehead atoms. The maximum Gasteiger partial charge on any atom is 0.303 e. The van der Waals surface area contributed by atoms with Crippen molar-refractivity contribution < 1.29 is 41.3 Å². The van der Waals surface area contributed by atoms with Gasteiger partial charge in [-0.05, 0) is 48.7 Å². The van der Waals surface area contributed by atoms with Crippen LogP contribution in [-0.2, 0) is 36.3 Å². The molecule has 2 aromatic heterocycles. The molecule has 1 aliphatic heterocycles. The number of aryl methyl sites for hydroxylation is 1. The Morgan fingerprint density at radius 2 is 1.89 bits per heavy atom. The number of nitrogens with zero attached hydrogens (tertiary/aromatic N) is 1. The highest BCUT2D eigenvalue weighted by Gasteiger charge is 2.41. The first-order chi connectivity index (χ1) is 21.0. The highest BCUT2D eigenvalue weighted by Crippen LogP contribution is 2.40. The van der Waals surface area contributed by atoms with Crippen LogP contribution in [0.5, 0.6) is 11.5 Å². The summed E-state index contributed by atoms with van der Waals surface area (Å²) < 4.78 is 73.7. The van der Waals surface area contributed by atoms with E-state index in [0.717, 1.165) is 24.0 Å². The van der Waals surface area contributed by atoms with Gasteiger partial charge >= 0.3 is 5.97 Å². The Kier molecular flexibility index (Phi) is 7.70. The lowest BCUT2D eigenvalue weighted by atomic mass is 9.97. The molecule has 0 unspecified atom stereocenters. The number of carboxylic acids is 1. The Balaban J connectivity index is 1.37. The van der Waals surface area contributed by atoms with Crippen LogP contribution in [0.1, 0.15) is 29.7 Å². The Labute approximate surface area is 250 Å². The number of halogens is 2. The number of fused-ring (bicyclic) bond motifs is 1. The molecule has 228 valence electrons. The zero-order valence-electron chi connectivity index (χ0n) is 23.4. The molecule has 13 heteroatoms. The van der Waals surface area contributed by atoms with E-state index in [4.69, 9.17) is 19.3 Å². The second-order valence-corrected chi connectivity index (χ2v) is 12.3. The average Bonchev–Trinajstić information content (AvgIpc) is 3.67. The molecule has 0 aliphatic carbocycles. The van der Waals surface area contributed by atoms with Crippen LogP contribution in [0.25, 0.3) is 22.3 Å². The van der Waals surface area contributed by atoms with Crippen LogP contribution in [0.4, 0.5) is 8.78 Å². The van der Waals surface area contributed by atoms with Crippen LogP contribution in [0.3, 0.4) is 0 Å². The van der Waals surface area contributed by atoms with Gasteiger partial charge in [-0.1, -0.05) is 18.2 Å². The minimum atomic E-state index is -3.93. The molecule has 10 nitrogen and oxygen atoms in total. The monoisotopic (exact) mass is 623 g/mol. The van der Waals surface area contributed by atoms with Gasteiger partial charge in [-0.3, -0.25) is 4.79 Å². The third kappa shape index (κ3) is 5.56. The fraction of sp³-hybridized carbons (Fsp3) is 0.226. The number of carbonyl (C=O) groups is 1. The normalized spacial score (nSPS) is 15.0. The molecular formula is C31H27F2N3O7S. The van der Waals surface area contributed by atoms with Crippen LogP contribution in [0.15, 0.2) is 71.9 Å². The van der Waals surface area contributed by atoms with Crippen LogP contribution in [-0.4, -0.2) is 53.9 Å². The van der Waals surface area contributed by atoms with Gasteiger partial charge in [-0.25, -0.2) is 22.2 Å². The number of aromatic nitrogens is 3. The minimum Gasteiger partial charge on any atom is -0.481 e. The van der Waals surface area contributed by atoms with E-state index in [-0.39, 0.29) is 39.4 Å². The Morgan fingerprint density at radius 1 is 1.09 bits per heavy atom. The van der Waals surface area contributed by atoms with Crippen molar-refractivity contribution in [2.75, 3.05) is 19.5 Å². The second kappa shape index (κ2) is 11.5. The van der Waals surface area contributed by atoms with E-state index in [1.54, 1.807) is 18.2 Å². The third-order valence-electron chi connectivity index (χ3n) is 7.27. The predicted octanol–water partition coefficient (Wildman–Crippen LogP) is 5.69. The van der Waals surface area contributed by atoms with Gasteiger partial charge in [-0.2, -0.15) is 0 Å². The van der Waals surface area contributed by atoms with Gasteiger partial charge < -0.3 is 29.3 Å². The lowest BCUT2D eigenvalue weighted by Gasteiger charge is -2.36. The highest BCUT2D eigenvalue weighted by atomic mass is 32.2. The molecule has 0 radical (unpaired) electrons. The number of hydrogen-bond donors (Lipinski definition) is 3. The lowest BCUT2D eigenvalue weighted by Crippen LogP contribution is -2.39. The molecule has 1 aliphatic rings. The van der Waals surface area contributed by atoms with Gasteiger partial charge in [0.25, 0.3) is 0 Å². The molecule has 44 heavy (non-hydrogen) atoms. The van der Waals surface area contributed by atoms with Gasteiger partial charge in [0.2, 0.25) is 5.79 Å². The number of aliphatic carboxylic acids is 1. The molecule has 0 amide bonds. The molecule has 3 N–H and O–H groups in total. The van der Waals surface area contributed by atoms with Gasteiger partial charge in [0.05, 0.1) is 25.0 Å². The molecule has 3 aromatic carbocycles. The van der Waals surface area contributed by atoms with Crippen molar-refractivity contribution in [3.05, 3.63) is 95.4 Å². The predicted molar refractivity (Wildman–Crippen MR) is 155 cm³/mol. The molecule has 3 heterocycles. The fourth-order valence-electron chi connectivity index (χ4n) is 5.27. The number of ether oxygens (including phenoxy) is 3. The summed E-state index contributed by atoms with van der Waals surface area (Å²) >= 11 is 0. The zero-order chi connectivity index (χ0) is 31.1. The number of H-pyrrole nitrogens is 2. The Bertz CT molecular complexity index is 1980. The van der Waals surface area contributed by atoms with E-state index >= 15 is 8.78 Å². The molecule has 5 aromatic rings. The topological polar surface area (TPSA) is 144 Å². The van der Waals surface area contributed by atoms with Crippen molar-refractivity contribution in [2.24, 2.45) is 0 Å². The quantitative estimate of drug-likeness (QED) is 0.190. The van der Waals surface area contributed by atoms with Crippen molar-refractivity contribution in [1.29, 1.82) is 0 Å². The highest BCUT2D eigenvalue weighted by molar-refractivity contribution is 7.91. The summed E-state index contributed by atoms with van der Waals surface area (Å²) in [6, 6.07) is 13.5. The molecule has 1 saturated heterocycles. The van der Waals surface area contributed by atoms with Crippen molar-refractivity contribution in [2.45, 2.75) is 29.9 Å². The summed E-state index contributed by atoms with van der Waals surface area (Å²) in [7, 11) is -3.93. The van der Waals surface area contributed by atoms with Gasteiger partial charge in [0, 0.05) is 41.4 Å². The minimum absolute atomic E-state index is 0.0240.